The van der Waals surface area contributed by atoms with Crippen molar-refractivity contribution in [2.24, 2.45) is 0 Å². The highest BCUT2D eigenvalue weighted by atomic mass is 35.5. The van der Waals surface area contributed by atoms with Crippen LogP contribution in [0.25, 0.3) is 11.3 Å². The first-order valence-corrected chi connectivity index (χ1v) is 9.98. The second-order valence-electron chi connectivity index (χ2n) is 7.03. The molecule has 2 heterocycles. The van der Waals surface area contributed by atoms with E-state index >= 15 is 0 Å². The van der Waals surface area contributed by atoms with Crippen LogP contribution >= 0.6 is 11.6 Å². The van der Waals surface area contributed by atoms with Crippen molar-refractivity contribution in [3.63, 3.8) is 0 Å². The molecule has 1 fully saturated rings. The van der Waals surface area contributed by atoms with Gasteiger partial charge in [-0.15, -0.1) is 0 Å². The second-order valence-corrected chi connectivity index (χ2v) is 7.44. The lowest BCUT2D eigenvalue weighted by Crippen LogP contribution is -2.35. The van der Waals surface area contributed by atoms with Crippen molar-refractivity contribution in [1.29, 1.82) is 0 Å². The molecular formula is C23H23ClN2O2. The highest BCUT2D eigenvalue weighted by Crippen LogP contribution is 2.29. The first-order valence-electron chi connectivity index (χ1n) is 9.60. The number of likely N-dealkylation sites (tertiary alicyclic amines) is 1. The van der Waals surface area contributed by atoms with Crippen LogP contribution in [-0.4, -0.2) is 23.9 Å². The van der Waals surface area contributed by atoms with E-state index in [0.717, 1.165) is 30.0 Å². The summed E-state index contributed by atoms with van der Waals surface area (Å²) in [6, 6.07) is 21.9. The summed E-state index contributed by atoms with van der Waals surface area (Å²) in [5.74, 6) is 1.83. The highest BCUT2D eigenvalue weighted by Gasteiger charge is 2.24. The minimum atomic E-state index is 0.0529. The number of rotatable bonds is 7. The summed E-state index contributed by atoms with van der Waals surface area (Å²) in [7, 11) is 0. The molecule has 144 valence electrons. The van der Waals surface area contributed by atoms with E-state index < -0.39 is 0 Å². The predicted molar refractivity (Wildman–Crippen MR) is 111 cm³/mol. The van der Waals surface area contributed by atoms with Crippen LogP contribution in [0.5, 0.6) is 0 Å². The fraction of sp³-hybridized carbons (Fsp3) is 0.261. The Morgan fingerprint density at radius 2 is 1.82 bits per heavy atom. The molecule has 2 aromatic carbocycles. The Hall–Kier alpha value is -2.56. The standard InChI is InChI=1S/C23H23ClN2O2/c24-20-10-5-4-9-19(20)22-13-12-18(28-22)15-25-21(17-7-2-1-3-8-17)16-26-14-6-11-23(26)27/h1-5,7-10,12-13,21,25H,6,11,14-16H2. The van der Waals surface area contributed by atoms with E-state index in [4.69, 9.17) is 16.0 Å². The molecule has 4 rings (SSSR count). The number of hydrogen-bond donors (Lipinski definition) is 1. The Morgan fingerprint density at radius 3 is 2.57 bits per heavy atom. The number of carbonyl (C=O) groups excluding carboxylic acids is 1. The van der Waals surface area contributed by atoms with E-state index in [1.54, 1.807) is 0 Å². The molecular weight excluding hydrogens is 372 g/mol. The van der Waals surface area contributed by atoms with Gasteiger partial charge >= 0.3 is 0 Å². The Balaban J connectivity index is 1.47. The second kappa shape index (κ2) is 8.63. The van der Waals surface area contributed by atoms with Crippen molar-refractivity contribution in [2.45, 2.75) is 25.4 Å². The summed E-state index contributed by atoms with van der Waals surface area (Å²) < 4.78 is 6.00. The number of carbonyl (C=O) groups is 1. The number of nitrogens with zero attached hydrogens (tertiary/aromatic N) is 1. The average molecular weight is 395 g/mol. The lowest BCUT2D eigenvalue weighted by molar-refractivity contribution is -0.128. The van der Waals surface area contributed by atoms with Gasteiger partial charge in [0.2, 0.25) is 5.91 Å². The summed E-state index contributed by atoms with van der Waals surface area (Å²) in [5, 5.41) is 4.23. The van der Waals surface area contributed by atoms with E-state index in [1.165, 1.54) is 5.56 Å². The highest BCUT2D eigenvalue weighted by molar-refractivity contribution is 6.33. The topological polar surface area (TPSA) is 45.5 Å². The van der Waals surface area contributed by atoms with Crippen molar-refractivity contribution in [3.05, 3.63) is 83.1 Å². The largest absolute Gasteiger partial charge is 0.460 e. The Kier molecular flexibility index (Phi) is 5.79. The number of nitrogens with one attached hydrogen (secondary N) is 1. The van der Waals surface area contributed by atoms with Gasteiger partial charge in [0.05, 0.1) is 17.6 Å². The van der Waals surface area contributed by atoms with Crippen LogP contribution in [0.3, 0.4) is 0 Å². The van der Waals surface area contributed by atoms with Gasteiger partial charge in [0.15, 0.2) is 0 Å². The first kappa shape index (κ1) is 18.8. The van der Waals surface area contributed by atoms with E-state index in [0.29, 0.717) is 24.5 Å². The van der Waals surface area contributed by atoms with Gasteiger partial charge in [-0.2, -0.15) is 0 Å². The maximum atomic E-state index is 12.1. The molecule has 1 aromatic heterocycles. The third-order valence-electron chi connectivity index (χ3n) is 5.10. The van der Waals surface area contributed by atoms with E-state index in [-0.39, 0.29) is 11.9 Å². The van der Waals surface area contributed by atoms with Gasteiger partial charge in [0.25, 0.3) is 0 Å². The van der Waals surface area contributed by atoms with Crippen LogP contribution in [0.2, 0.25) is 5.02 Å². The molecule has 5 heteroatoms. The van der Waals surface area contributed by atoms with Gasteiger partial charge in [-0.05, 0) is 36.2 Å². The fourth-order valence-corrected chi connectivity index (χ4v) is 3.82. The molecule has 1 atom stereocenters. The minimum absolute atomic E-state index is 0.0529. The molecule has 1 amide bonds. The summed E-state index contributed by atoms with van der Waals surface area (Å²) in [6.45, 7) is 2.08. The first-order chi connectivity index (χ1) is 13.7. The average Bonchev–Trinajstić information content (AvgIpc) is 3.35. The Bertz CT molecular complexity index is 939. The number of furan rings is 1. The van der Waals surface area contributed by atoms with Crippen LogP contribution in [-0.2, 0) is 11.3 Å². The zero-order valence-electron chi connectivity index (χ0n) is 15.6. The molecule has 0 bridgehead atoms. The number of halogens is 1. The molecule has 1 aliphatic heterocycles. The lowest BCUT2D eigenvalue weighted by atomic mass is 10.1. The number of hydrogen-bond acceptors (Lipinski definition) is 3. The summed E-state index contributed by atoms with van der Waals surface area (Å²) in [4.78, 5) is 14.0. The molecule has 0 radical (unpaired) electrons. The molecule has 0 spiro atoms. The van der Waals surface area contributed by atoms with Crippen molar-refractivity contribution in [2.75, 3.05) is 13.1 Å². The van der Waals surface area contributed by atoms with E-state index in [2.05, 4.69) is 17.4 Å². The van der Waals surface area contributed by atoms with Gasteiger partial charge in [-0.3, -0.25) is 4.79 Å². The van der Waals surface area contributed by atoms with Crippen LogP contribution in [0.4, 0.5) is 0 Å². The molecule has 4 nitrogen and oxygen atoms in total. The molecule has 28 heavy (non-hydrogen) atoms. The van der Waals surface area contributed by atoms with Crippen LogP contribution in [0.15, 0.2) is 71.1 Å². The van der Waals surface area contributed by atoms with Crippen molar-refractivity contribution < 1.29 is 9.21 Å². The zero-order chi connectivity index (χ0) is 19.3. The normalized spacial score (nSPS) is 15.2. The van der Waals surface area contributed by atoms with Gasteiger partial charge in [-0.25, -0.2) is 0 Å². The quantitative estimate of drug-likeness (QED) is 0.609. The van der Waals surface area contributed by atoms with Crippen molar-refractivity contribution >= 4 is 17.5 Å². The van der Waals surface area contributed by atoms with E-state index in [9.17, 15) is 4.79 Å². The molecule has 1 saturated heterocycles. The third kappa shape index (κ3) is 4.29. The SMILES string of the molecule is O=C1CCCN1CC(NCc1ccc(-c2ccccc2Cl)o1)c1ccccc1. The van der Waals surface area contributed by atoms with Gasteiger partial charge in [-0.1, -0.05) is 54.1 Å². The molecule has 1 aliphatic rings. The maximum Gasteiger partial charge on any atom is 0.222 e. The summed E-state index contributed by atoms with van der Waals surface area (Å²) in [6.07, 6.45) is 1.60. The van der Waals surface area contributed by atoms with Gasteiger partial charge in [0.1, 0.15) is 11.5 Å². The third-order valence-corrected chi connectivity index (χ3v) is 5.43. The summed E-state index contributed by atoms with van der Waals surface area (Å²) in [5.41, 5.74) is 2.05. The smallest absolute Gasteiger partial charge is 0.222 e. The van der Waals surface area contributed by atoms with Crippen LogP contribution in [0.1, 0.15) is 30.2 Å². The van der Waals surface area contributed by atoms with Gasteiger partial charge < -0.3 is 14.6 Å². The lowest BCUT2D eigenvalue weighted by Gasteiger charge is -2.25. The summed E-state index contributed by atoms with van der Waals surface area (Å²) >= 11 is 6.27. The maximum absolute atomic E-state index is 12.1. The van der Waals surface area contributed by atoms with E-state index in [1.807, 2.05) is 59.5 Å². The molecule has 3 aromatic rings. The van der Waals surface area contributed by atoms with Crippen LogP contribution < -0.4 is 5.32 Å². The Labute approximate surface area is 170 Å². The molecule has 0 saturated carbocycles. The predicted octanol–water partition coefficient (Wildman–Crippen LogP) is 5.05. The molecule has 0 aliphatic carbocycles. The van der Waals surface area contributed by atoms with Crippen LogP contribution in [0, 0.1) is 0 Å². The molecule has 1 unspecified atom stereocenters. The van der Waals surface area contributed by atoms with Gasteiger partial charge in [0, 0.05) is 25.1 Å². The monoisotopic (exact) mass is 394 g/mol. The number of benzene rings is 2. The van der Waals surface area contributed by atoms with Crippen molar-refractivity contribution in [1.82, 2.24) is 10.2 Å². The molecule has 1 N–H and O–H groups in total. The zero-order valence-corrected chi connectivity index (χ0v) is 16.4. The number of amides is 1. The van der Waals surface area contributed by atoms with Crippen molar-refractivity contribution in [3.8, 4) is 11.3 Å². The Morgan fingerprint density at radius 1 is 1.04 bits per heavy atom. The minimum Gasteiger partial charge on any atom is -0.460 e. The fourth-order valence-electron chi connectivity index (χ4n) is 3.59.